The van der Waals surface area contributed by atoms with Crippen LogP contribution in [0, 0.1) is 5.92 Å². The monoisotopic (exact) mass is 487 g/mol. The van der Waals surface area contributed by atoms with Crippen molar-refractivity contribution in [3.8, 4) is 17.1 Å². The van der Waals surface area contributed by atoms with Crippen LogP contribution in [0.3, 0.4) is 0 Å². The molecule has 0 aliphatic rings. The van der Waals surface area contributed by atoms with Gasteiger partial charge in [0.05, 0.1) is 18.4 Å². The van der Waals surface area contributed by atoms with Gasteiger partial charge in [0.15, 0.2) is 5.78 Å². The Labute approximate surface area is 209 Å². The van der Waals surface area contributed by atoms with Crippen LogP contribution in [-0.2, 0) is 4.79 Å². The summed E-state index contributed by atoms with van der Waals surface area (Å²) < 4.78 is 12.0. The molecule has 0 aliphatic carbocycles. The van der Waals surface area contributed by atoms with E-state index in [0.717, 1.165) is 28.0 Å². The standard InChI is InChI=1S/C28H29N3O5/c1-18(2)23(31-27-16-29-22(15-30-27)24(32)7-5-9-28(33)34)17-35-21-12-10-19(11-13-21)26-14-20-6-3-4-8-25(20)36-26/h3-4,6,8,10-16,18,23H,5,7,9,17H2,1-2H3,(H,30,31)(H,33,34)/t23-/m1/s1. The first-order chi connectivity index (χ1) is 17.4. The van der Waals surface area contributed by atoms with Crippen LogP contribution >= 0.6 is 0 Å². The smallest absolute Gasteiger partial charge is 0.303 e. The minimum atomic E-state index is -0.919. The van der Waals surface area contributed by atoms with E-state index in [1.54, 1.807) is 0 Å². The summed E-state index contributed by atoms with van der Waals surface area (Å²) in [5.41, 5.74) is 2.06. The molecule has 0 saturated heterocycles. The summed E-state index contributed by atoms with van der Waals surface area (Å²) >= 11 is 0. The van der Waals surface area contributed by atoms with Crippen LogP contribution in [0.2, 0.25) is 0 Å². The molecule has 0 saturated carbocycles. The average Bonchev–Trinajstić information content (AvgIpc) is 3.31. The zero-order valence-corrected chi connectivity index (χ0v) is 20.3. The molecule has 36 heavy (non-hydrogen) atoms. The number of aromatic nitrogens is 2. The highest BCUT2D eigenvalue weighted by Gasteiger charge is 2.16. The number of rotatable bonds is 12. The lowest BCUT2D eigenvalue weighted by Crippen LogP contribution is -2.32. The van der Waals surface area contributed by atoms with Crippen molar-refractivity contribution in [2.24, 2.45) is 5.92 Å². The highest BCUT2D eigenvalue weighted by Crippen LogP contribution is 2.29. The number of carboxylic acid groups (broad SMARTS) is 1. The van der Waals surface area contributed by atoms with Gasteiger partial charge in [0.1, 0.15) is 35.2 Å². The number of nitrogens with zero attached hydrogens (tertiary/aromatic N) is 2. The van der Waals surface area contributed by atoms with Gasteiger partial charge in [0.25, 0.3) is 0 Å². The van der Waals surface area contributed by atoms with Crippen LogP contribution in [0.15, 0.2) is 71.4 Å². The lowest BCUT2D eigenvalue weighted by molar-refractivity contribution is -0.137. The number of furan rings is 1. The predicted octanol–water partition coefficient (Wildman–Crippen LogP) is 5.84. The second-order valence-electron chi connectivity index (χ2n) is 8.94. The molecule has 0 fully saturated rings. The van der Waals surface area contributed by atoms with Crippen molar-refractivity contribution in [2.75, 3.05) is 11.9 Å². The molecule has 186 valence electrons. The number of carboxylic acids is 1. The molecule has 4 rings (SSSR count). The van der Waals surface area contributed by atoms with E-state index in [1.807, 2.05) is 54.6 Å². The third-order valence-electron chi connectivity index (χ3n) is 5.86. The fraction of sp³-hybridized carbons (Fsp3) is 0.286. The highest BCUT2D eigenvalue weighted by atomic mass is 16.5. The molecule has 2 aromatic heterocycles. The van der Waals surface area contributed by atoms with Crippen molar-refractivity contribution < 1.29 is 23.8 Å². The fourth-order valence-electron chi connectivity index (χ4n) is 3.69. The summed E-state index contributed by atoms with van der Waals surface area (Å²) in [6.07, 6.45) is 3.30. The van der Waals surface area contributed by atoms with Gasteiger partial charge in [0.2, 0.25) is 0 Å². The normalized spacial score (nSPS) is 12.0. The zero-order chi connectivity index (χ0) is 25.5. The number of aliphatic carboxylic acids is 1. The Bertz CT molecular complexity index is 1280. The maximum Gasteiger partial charge on any atom is 0.303 e. The van der Waals surface area contributed by atoms with E-state index in [4.69, 9.17) is 14.3 Å². The summed E-state index contributed by atoms with van der Waals surface area (Å²) in [4.78, 5) is 31.2. The van der Waals surface area contributed by atoms with Crippen LogP contribution in [-0.4, -0.2) is 39.5 Å². The first kappa shape index (κ1) is 24.9. The number of hydrogen-bond acceptors (Lipinski definition) is 7. The number of nitrogens with one attached hydrogen (secondary N) is 1. The quantitative estimate of drug-likeness (QED) is 0.239. The first-order valence-corrected chi connectivity index (χ1v) is 11.9. The second-order valence-corrected chi connectivity index (χ2v) is 8.94. The maximum atomic E-state index is 12.1. The van der Waals surface area contributed by atoms with Gasteiger partial charge in [-0.15, -0.1) is 0 Å². The number of carbonyl (C=O) groups is 2. The molecule has 1 atom stereocenters. The molecule has 2 N–H and O–H groups in total. The van der Waals surface area contributed by atoms with Crippen molar-refractivity contribution >= 4 is 28.5 Å². The molecule has 2 heterocycles. The Balaban J connectivity index is 1.32. The Morgan fingerprint density at radius 1 is 1.03 bits per heavy atom. The molecule has 0 amide bonds. The molecule has 8 nitrogen and oxygen atoms in total. The maximum absolute atomic E-state index is 12.1. The molecule has 0 bridgehead atoms. The van der Waals surface area contributed by atoms with E-state index >= 15 is 0 Å². The van der Waals surface area contributed by atoms with Crippen molar-refractivity contribution in [3.63, 3.8) is 0 Å². The summed E-state index contributed by atoms with van der Waals surface area (Å²) in [7, 11) is 0. The Morgan fingerprint density at radius 2 is 1.81 bits per heavy atom. The van der Waals surface area contributed by atoms with E-state index in [9.17, 15) is 9.59 Å². The number of ketones is 1. The highest BCUT2D eigenvalue weighted by molar-refractivity contribution is 5.94. The third-order valence-corrected chi connectivity index (χ3v) is 5.86. The molecule has 0 radical (unpaired) electrons. The molecular weight excluding hydrogens is 458 g/mol. The van der Waals surface area contributed by atoms with Gasteiger partial charge >= 0.3 is 5.97 Å². The summed E-state index contributed by atoms with van der Waals surface area (Å²) in [6.45, 7) is 4.58. The number of anilines is 1. The fourth-order valence-corrected chi connectivity index (χ4v) is 3.69. The number of fused-ring (bicyclic) bond motifs is 1. The Kier molecular flexibility index (Phi) is 7.95. The number of hydrogen-bond donors (Lipinski definition) is 2. The third kappa shape index (κ3) is 6.47. The second kappa shape index (κ2) is 11.5. The Morgan fingerprint density at radius 3 is 2.47 bits per heavy atom. The number of Topliss-reactive ketones (excluding diaryl/α,β-unsaturated/α-hetero) is 1. The molecule has 0 aliphatic heterocycles. The summed E-state index contributed by atoms with van der Waals surface area (Å²) in [6, 6.07) is 17.7. The largest absolute Gasteiger partial charge is 0.491 e. The van der Waals surface area contributed by atoms with Crippen LogP contribution in [0.1, 0.15) is 43.6 Å². The van der Waals surface area contributed by atoms with E-state index in [2.05, 4.69) is 29.1 Å². The lowest BCUT2D eigenvalue weighted by atomic mass is 10.1. The Hall–Kier alpha value is -4.20. The molecule has 0 unspecified atom stereocenters. The molecule has 8 heteroatoms. The van der Waals surface area contributed by atoms with Crippen LogP contribution in [0.5, 0.6) is 5.75 Å². The SMILES string of the molecule is CC(C)[C@@H](COc1ccc(-c2cc3ccccc3o2)cc1)Nc1cnc(C(=O)CCCC(=O)O)cn1. The molecule has 2 aromatic carbocycles. The van der Waals surface area contributed by atoms with Crippen LogP contribution in [0.4, 0.5) is 5.82 Å². The van der Waals surface area contributed by atoms with Gasteiger partial charge in [-0.1, -0.05) is 32.0 Å². The topological polar surface area (TPSA) is 115 Å². The van der Waals surface area contributed by atoms with Gasteiger partial charge in [-0.2, -0.15) is 0 Å². The van der Waals surface area contributed by atoms with E-state index < -0.39 is 5.97 Å². The van der Waals surface area contributed by atoms with Crippen molar-refractivity contribution in [1.82, 2.24) is 9.97 Å². The van der Waals surface area contributed by atoms with E-state index in [-0.39, 0.29) is 42.7 Å². The average molecular weight is 488 g/mol. The predicted molar refractivity (Wildman–Crippen MR) is 137 cm³/mol. The van der Waals surface area contributed by atoms with Gasteiger partial charge in [-0.3, -0.25) is 9.59 Å². The number of para-hydroxylation sites is 1. The number of benzene rings is 2. The van der Waals surface area contributed by atoms with Gasteiger partial charge in [0, 0.05) is 23.8 Å². The number of ether oxygens (including phenoxy) is 1. The van der Waals surface area contributed by atoms with Crippen molar-refractivity contribution in [3.05, 3.63) is 72.7 Å². The van der Waals surface area contributed by atoms with Gasteiger partial charge < -0.3 is 19.6 Å². The summed E-state index contributed by atoms with van der Waals surface area (Å²) in [5, 5.41) is 13.1. The minimum absolute atomic E-state index is 0.0357. The van der Waals surface area contributed by atoms with Gasteiger partial charge in [-0.05, 0) is 48.7 Å². The lowest BCUT2D eigenvalue weighted by Gasteiger charge is -2.23. The van der Waals surface area contributed by atoms with E-state index in [1.165, 1.54) is 12.4 Å². The molecule has 0 spiro atoms. The minimum Gasteiger partial charge on any atom is -0.491 e. The van der Waals surface area contributed by atoms with Gasteiger partial charge in [-0.25, -0.2) is 9.97 Å². The summed E-state index contributed by atoms with van der Waals surface area (Å²) in [5.74, 6) is 1.21. The first-order valence-electron chi connectivity index (χ1n) is 11.9. The van der Waals surface area contributed by atoms with Crippen molar-refractivity contribution in [2.45, 2.75) is 39.2 Å². The number of carbonyl (C=O) groups excluding carboxylic acids is 1. The molecular formula is C28H29N3O5. The van der Waals surface area contributed by atoms with E-state index in [0.29, 0.717) is 12.4 Å². The zero-order valence-electron chi connectivity index (χ0n) is 20.3. The van der Waals surface area contributed by atoms with Crippen LogP contribution < -0.4 is 10.1 Å². The molecule has 4 aromatic rings. The van der Waals surface area contributed by atoms with Crippen LogP contribution in [0.25, 0.3) is 22.3 Å². The van der Waals surface area contributed by atoms with Crippen molar-refractivity contribution in [1.29, 1.82) is 0 Å².